The van der Waals surface area contributed by atoms with Gasteiger partial charge < -0.3 is 23.4 Å². The summed E-state index contributed by atoms with van der Waals surface area (Å²) < 4.78 is 19.9. The number of phenols is 1. The van der Waals surface area contributed by atoms with Gasteiger partial charge in [-0.15, -0.1) is 0 Å². The molecule has 1 saturated heterocycles. The Kier molecular flexibility index (Phi) is 7.64. The molecule has 178 valence electrons. The molecule has 0 aliphatic carbocycles. The van der Waals surface area contributed by atoms with Crippen LogP contribution in [0.4, 0.5) is 10.7 Å². The summed E-state index contributed by atoms with van der Waals surface area (Å²) in [5, 5.41) is 25.6. The molecule has 1 fully saturated rings. The summed E-state index contributed by atoms with van der Waals surface area (Å²) in [4.78, 5) is 31.7. The minimum Gasteiger partial charge on any atom is -0.504 e. The van der Waals surface area contributed by atoms with E-state index in [2.05, 4.69) is 9.84 Å². The zero-order valence-electron chi connectivity index (χ0n) is 18.3. The van der Waals surface area contributed by atoms with E-state index in [1.54, 1.807) is 6.07 Å². The van der Waals surface area contributed by atoms with Gasteiger partial charge in [-0.2, -0.15) is 10.1 Å². The third kappa shape index (κ3) is 6.45. The Morgan fingerprint density at radius 1 is 1.24 bits per heavy atom. The predicted octanol–water partition coefficient (Wildman–Crippen LogP) is 3.82. The van der Waals surface area contributed by atoms with Gasteiger partial charge in [0.2, 0.25) is 0 Å². The van der Waals surface area contributed by atoms with Crippen molar-refractivity contribution in [2.45, 2.75) is 13.8 Å². The highest BCUT2D eigenvalue weighted by molar-refractivity contribution is 5.80. The highest BCUT2D eigenvalue weighted by Crippen LogP contribution is 2.30. The molecular weight excluding hydrogens is 450 g/mol. The average molecular weight is 471 g/mol. The monoisotopic (exact) mass is 471 g/mol. The SMILES string of the molecule is CC(C)=CCOc1cc2oc(=O)ccc2cc1O.O=C1OCCN1N=Cc1ccc([N+](=O)[O-])o1. The lowest BCUT2D eigenvalue weighted by Gasteiger charge is -2.07. The third-order valence-electron chi connectivity index (χ3n) is 4.29. The topological polar surface area (TPSA) is 158 Å². The number of hydrogen-bond donors (Lipinski definition) is 1. The first-order chi connectivity index (χ1) is 16.2. The molecule has 34 heavy (non-hydrogen) atoms. The normalized spacial score (nSPS) is 12.9. The molecule has 1 aliphatic rings. The van der Waals surface area contributed by atoms with Crippen molar-refractivity contribution in [3.8, 4) is 11.5 Å². The fraction of sp³-hybridized carbons (Fsp3) is 0.227. The second kappa shape index (κ2) is 10.8. The molecule has 4 rings (SSSR count). The Hall–Kier alpha value is -4.61. The van der Waals surface area contributed by atoms with Crippen LogP contribution in [0.25, 0.3) is 11.0 Å². The third-order valence-corrected chi connectivity index (χ3v) is 4.29. The van der Waals surface area contributed by atoms with Crippen molar-refractivity contribution in [3.63, 3.8) is 0 Å². The van der Waals surface area contributed by atoms with Crippen molar-refractivity contribution in [1.29, 1.82) is 0 Å². The molecule has 1 aromatic carbocycles. The predicted molar refractivity (Wildman–Crippen MR) is 120 cm³/mol. The van der Waals surface area contributed by atoms with Gasteiger partial charge in [0.15, 0.2) is 17.3 Å². The number of cyclic esters (lactones) is 1. The van der Waals surface area contributed by atoms with Crippen molar-refractivity contribution in [3.05, 3.63) is 74.3 Å². The summed E-state index contributed by atoms with van der Waals surface area (Å²) >= 11 is 0. The number of benzene rings is 1. The van der Waals surface area contributed by atoms with Gasteiger partial charge in [-0.25, -0.2) is 9.59 Å². The lowest BCUT2D eigenvalue weighted by Crippen LogP contribution is -2.17. The van der Waals surface area contributed by atoms with Crippen LogP contribution in [0.15, 0.2) is 66.8 Å². The second-order valence-corrected chi connectivity index (χ2v) is 7.12. The van der Waals surface area contributed by atoms with Crippen LogP contribution in [0.1, 0.15) is 19.6 Å². The number of hydrazone groups is 1. The van der Waals surface area contributed by atoms with E-state index in [1.165, 1.54) is 36.5 Å². The molecule has 2 aromatic heterocycles. The molecule has 12 nitrogen and oxygen atoms in total. The first-order valence-electron chi connectivity index (χ1n) is 9.98. The van der Waals surface area contributed by atoms with Gasteiger partial charge in [0, 0.05) is 17.5 Å². The lowest BCUT2D eigenvalue weighted by atomic mass is 10.2. The molecule has 1 N–H and O–H groups in total. The van der Waals surface area contributed by atoms with Crippen molar-refractivity contribution in [1.82, 2.24) is 5.01 Å². The Labute approximate surface area is 192 Å². The summed E-state index contributed by atoms with van der Waals surface area (Å²) in [6.07, 6.45) is 2.57. The number of hydrogen-bond acceptors (Lipinski definition) is 10. The number of nitrogens with zero attached hydrogens (tertiary/aromatic N) is 3. The number of nitro groups is 1. The highest BCUT2D eigenvalue weighted by Gasteiger charge is 2.21. The molecule has 0 saturated carbocycles. The first kappa shape index (κ1) is 24.0. The molecule has 0 unspecified atom stereocenters. The first-order valence-corrected chi connectivity index (χ1v) is 9.98. The summed E-state index contributed by atoms with van der Waals surface area (Å²) in [5.41, 5.74) is 1.10. The van der Waals surface area contributed by atoms with Gasteiger partial charge in [-0.1, -0.05) is 5.57 Å². The maximum Gasteiger partial charge on any atom is 0.433 e. The van der Waals surface area contributed by atoms with E-state index < -0.39 is 16.6 Å². The molecule has 1 amide bonds. The molecule has 0 spiro atoms. The number of allylic oxidation sites excluding steroid dienone is 1. The molecule has 3 heterocycles. The van der Waals surface area contributed by atoms with Gasteiger partial charge in [-0.3, -0.25) is 10.1 Å². The van der Waals surface area contributed by atoms with Crippen LogP contribution in [0, 0.1) is 10.1 Å². The minimum atomic E-state index is -0.651. The van der Waals surface area contributed by atoms with E-state index in [0.717, 1.165) is 10.6 Å². The Bertz CT molecular complexity index is 1300. The molecule has 3 aromatic rings. The Morgan fingerprint density at radius 3 is 2.68 bits per heavy atom. The van der Waals surface area contributed by atoms with Gasteiger partial charge >= 0.3 is 17.6 Å². The van der Waals surface area contributed by atoms with Crippen LogP contribution in [-0.4, -0.2) is 47.1 Å². The van der Waals surface area contributed by atoms with Crippen molar-refractivity contribution < 1.29 is 33.1 Å². The van der Waals surface area contributed by atoms with Gasteiger partial charge in [0.25, 0.3) is 0 Å². The summed E-state index contributed by atoms with van der Waals surface area (Å²) in [6.45, 7) is 4.93. The largest absolute Gasteiger partial charge is 0.504 e. The van der Waals surface area contributed by atoms with E-state index in [-0.39, 0.29) is 24.0 Å². The maximum atomic E-state index is 11.1. The Balaban J connectivity index is 0.000000192. The number of fused-ring (bicyclic) bond motifs is 1. The van der Waals surface area contributed by atoms with Crippen LogP contribution in [0.3, 0.4) is 0 Å². The summed E-state index contributed by atoms with van der Waals surface area (Å²) in [5.74, 6) is 0.157. The lowest BCUT2D eigenvalue weighted by molar-refractivity contribution is -0.402. The Morgan fingerprint density at radius 2 is 2.03 bits per heavy atom. The van der Waals surface area contributed by atoms with Crippen molar-refractivity contribution in [2.24, 2.45) is 5.10 Å². The van der Waals surface area contributed by atoms with Crippen LogP contribution in [-0.2, 0) is 4.74 Å². The van der Waals surface area contributed by atoms with Crippen LogP contribution < -0.4 is 10.4 Å². The number of phenolic OH excluding ortho intramolecular Hbond substituents is 1. The number of furan rings is 1. The van der Waals surface area contributed by atoms with Crippen molar-refractivity contribution in [2.75, 3.05) is 19.8 Å². The second-order valence-electron chi connectivity index (χ2n) is 7.12. The highest BCUT2D eigenvalue weighted by atomic mass is 16.6. The minimum absolute atomic E-state index is 0.0264. The molecule has 12 heteroatoms. The smallest absolute Gasteiger partial charge is 0.433 e. The van der Waals surface area contributed by atoms with E-state index in [9.17, 15) is 24.8 Å². The zero-order chi connectivity index (χ0) is 24.7. The molecular formula is C22H21N3O9. The number of carbonyl (C=O) groups is 1. The van der Waals surface area contributed by atoms with Gasteiger partial charge in [0.1, 0.15) is 23.7 Å². The fourth-order valence-corrected chi connectivity index (χ4v) is 2.62. The van der Waals surface area contributed by atoms with Crippen LogP contribution in [0.5, 0.6) is 11.5 Å². The van der Waals surface area contributed by atoms with Crippen molar-refractivity contribution >= 4 is 29.2 Å². The number of carbonyl (C=O) groups excluding carboxylic acids is 1. The summed E-state index contributed by atoms with van der Waals surface area (Å²) in [6, 6.07) is 8.54. The number of amides is 1. The number of ether oxygens (including phenoxy) is 2. The molecule has 0 radical (unpaired) electrons. The standard InChI is InChI=1S/C14H14O4.C8H7N3O5/c1-9(2)5-6-17-13-8-12-10(7-11(13)15)3-4-14(16)18-12;12-8-10(3-4-15-8)9-5-6-1-2-7(16-6)11(13)14/h3-5,7-8,15H,6H2,1-2H3;1-2,5H,3-4H2. The quantitative estimate of drug-likeness (QED) is 0.185. The number of rotatable bonds is 6. The van der Waals surface area contributed by atoms with Gasteiger partial charge in [-0.05, 0) is 38.1 Å². The van der Waals surface area contributed by atoms with E-state index in [0.29, 0.717) is 29.9 Å². The average Bonchev–Trinajstić information content (AvgIpc) is 3.42. The molecule has 0 bridgehead atoms. The van der Waals surface area contributed by atoms with Gasteiger partial charge in [0.05, 0.1) is 18.8 Å². The van der Waals surface area contributed by atoms with E-state index >= 15 is 0 Å². The van der Waals surface area contributed by atoms with E-state index in [4.69, 9.17) is 13.6 Å². The zero-order valence-corrected chi connectivity index (χ0v) is 18.3. The van der Waals surface area contributed by atoms with Crippen LogP contribution in [0.2, 0.25) is 0 Å². The van der Waals surface area contributed by atoms with E-state index in [1.807, 2.05) is 19.9 Å². The van der Waals surface area contributed by atoms with Crippen LogP contribution >= 0.6 is 0 Å². The fourth-order valence-electron chi connectivity index (χ4n) is 2.62. The molecule has 0 atom stereocenters. The maximum absolute atomic E-state index is 11.1. The molecule has 1 aliphatic heterocycles. The number of aromatic hydroxyl groups is 1. The summed E-state index contributed by atoms with van der Waals surface area (Å²) in [7, 11) is 0.